The van der Waals surface area contributed by atoms with Gasteiger partial charge in [-0.2, -0.15) is 0 Å². The van der Waals surface area contributed by atoms with Crippen molar-refractivity contribution in [2.45, 2.75) is 19.6 Å². The van der Waals surface area contributed by atoms with Gasteiger partial charge in [-0.25, -0.2) is 9.38 Å². The Labute approximate surface area is 175 Å². The molecule has 0 aliphatic carbocycles. The van der Waals surface area contributed by atoms with E-state index in [-0.39, 0.29) is 41.8 Å². The second-order valence-electron chi connectivity index (χ2n) is 5.63. The van der Waals surface area contributed by atoms with Crippen LogP contribution >= 0.6 is 24.0 Å². The van der Waals surface area contributed by atoms with Crippen molar-refractivity contribution in [3.8, 4) is 17.2 Å². The summed E-state index contributed by atoms with van der Waals surface area (Å²) in [6.45, 7) is 2.61. The Bertz CT molecular complexity index is 759. The molecule has 1 unspecified atom stereocenters. The third-order valence-electron chi connectivity index (χ3n) is 3.62. The summed E-state index contributed by atoms with van der Waals surface area (Å²) in [5.41, 5.74) is 6.81. The minimum absolute atomic E-state index is 0. The minimum Gasteiger partial charge on any atom is -0.493 e. The predicted molar refractivity (Wildman–Crippen MR) is 115 cm³/mol. The van der Waals surface area contributed by atoms with E-state index in [9.17, 15) is 4.39 Å². The molecule has 0 bridgehead atoms. The molecule has 3 N–H and O–H groups in total. The molecule has 6 nitrogen and oxygen atoms in total. The number of aliphatic imine (C=N–C) groups is 1. The Morgan fingerprint density at radius 1 is 1.11 bits per heavy atom. The van der Waals surface area contributed by atoms with Gasteiger partial charge in [0.25, 0.3) is 0 Å². The van der Waals surface area contributed by atoms with Crippen LogP contribution in [0.15, 0.2) is 47.5 Å². The molecule has 0 fully saturated rings. The van der Waals surface area contributed by atoms with Crippen molar-refractivity contribution in [3.05, 3.63) is 53.8 Å². The normalized spacial score (nSPS) is 11.9. The second kappa shape index (κ2) is 11.5. The van der Waals surface area contributed by atoms with Gasteiger partial charge in [-0.1, -0.05) is 18.2 Å². The molecule has 0 aromatic heterocycles. The maximum Gasteiger partial charge on any atom is 0.189 e. The Balaban J connectivity index is 0.00000364. The Morgan fingerprint density at radius 3 is 2.48 bits per heavy atom. The van der Waals surface area contributed by atoms with Gasteiger partial charge in [-0.15, -0.1) is 24.0 Å². The molecular formula is C19H25FIN3O3. The van der Waals surface area contributed by atoms with Gasteiger partial charge in [-0.3, -0.25) is 0 Å². The van der Waals surface area contributed by atoms with Gasteiger partial charge in [0.05, 0.1) is 27.3 Å². The first-order valence-corrected chi connectivity index (χ1v) is 8.19. The summed E-state index contributed by atoms with van der Waals surface area (Å²) in [5.74, 6) is 1.39. The summed E-state index contributed by atoms with van der Waals surface area (Å²) in [7, 11) is 3.17. The van der Waals surface area contributed by atoms with Crippen molar-refractivity contribution in [3.63, 3.8) is 0 Å². The lowest BCUT2D eigenvalue weighted by Crippen LogP contribution is -2.38. The third-order valence-corrected chi connectivity index (χ3v) is 3.62. The van der Waals surface area contributed by atoms with Gasteiger partial charge in [0, 0.05) is 0 Å². The molecule has 8 heteroatoms. The number of nitrogens with one attached hydrogen (secondary N) is 1. The highest BCUT2D eigenvalue weighted by atomic mass is 127. The summed E-state index contributed by atoms with van der Waals surface area (Å²) in [5, 5.41) is 2.97. The molecule has 148 valence electrons. The third kappa shape index (κ3) is 7.12. The summed E-state index contributed by atoms with van der Waals surface area (Å²) in [6.07, 6.45) is -0.276. The van der Waals surface area contributed by atoms with E-state index in [1.165, 1.54) is 6.07 Å². The van der Waals surface area contributed by atoms with E-state index in [0.29, 0.717) is 24.6 Å². The Kier molecular flexibility index (Phi) is 9.70. The van der Waals surface area contributed by atoms with E-state index < -0.39 is 5.82 Å². The fourth-order valence-electron chi connectivity index (χ4n) is 2.26. The van der Waals surface area contributed by atoms with Crippen LogP contribution in [0.1, 0.15) is 12.5 Å². The van der Waals surface area contributed by atoms with Crippen LogP contribution in [-0.2, 0) is 6.54 Å². The number of nitrogens with two attached hydrogens (primary N) is 1. The zero-order valence-corrected chi connectivity index (χ0v) is 17.9. The number of guanidine groups is 1. The topological polar surface area (TPSA) is 78.1 Å². The zero-order chi connectivity index (χ0) is 18.9. The lowest BCUT2D eigenvalue weighted by atomic mass is 10.2. The van der Waals surface area contributed by atoms with E-state index in [1.807, 2.05) is 25.1 Å². The number of halogens is 2. The Morgan fingerprint density at radius 2 is 1.81 bits per heavy atom. The van der Waals surface area contributed by atoms with Crippen LogP contribution in [0.4, 0.5) is 4.39 Å². The number of hydrogen-bond donors (Lipinski definition) is 2. The van der Waals surface area contributed by atoms with Crippen molar-refractivity contribution >= 4 is 29.9 Å². The molecule has 0 saturated carbocycles. The molecule has 2 aromatic rings. The van der Waals surface area contributed by atoms with Crippen LogP contribution < -0.4 is 25.3 Å². The Hall–Kier alpha value is -2.23. The van der Waals surface area contributed by atoms with Crippen molar-refractivity contribution in [1.82, 2.24) is 5.32 Å². The molecular weight excluding hydrogens is 464 g/mol. The highest BCUT2D eigenvalue weighted by Gasteiger charge is 2.08. The van der Waals surface area contributed by atoms with Gasteiger partial charge >= 0.3 is 0 Å². The van der Waals surface area contributed by atoms with Crippen LogP contribution in [0.3, 0.4) is 0 Å². The first kappa shape index (κ1) is 22.8. The molecule has 2 rings (SSSR count). The molecule has 0 aliphatic heterocycles. The van der Waals surface area contributed by atoms with Crippen molar-refractivity contribution in [2.75, 3.05) is 20.8 Å². The van der Waals surface area contributed by atoms with Gasteiger partial charge < -0.3 is 25.3 Å². The number of nitrogens with zero attached hydrogens (tertiary/aromatic N) is 1. The van der Waals surface area contributed by atoms with E-state index in [4.69, 9.17) is 19.9 Å². The van der Waals surface area contributed by atoms with E-state index >= 15 is 0 Å². The summed E-state index contributed by atoms with van der Waals surface area (Å²) in [6, 6.07) is 11.8. The summed E-state index contributed by atoms with van der Waals surface area (Å²) < 4.78 is 29.6. The van der Waals surface area contributed by atoms with Crippen molar-refractivity contribution < 1.29 is 18.6 Å². The van der Waals surface area contributed by atoms with E-state index in [0.717, 1.165) is 5.56 Å². The van der Waals surface area contributed by atoms with Crippen molar-refractivity contribution in [2.24, 2.45) is 10.7 Å². The number of benzene rings is 2. The van der Waals surface area contributed by atoms with Gasteiger partial charge in [0.2, 0.25) is 0 Å². The number of methoxy groups -OCH3 is 2. The monoisotopic (exact) mass is 489 g/mol. The molecule has 0 spiro atoms. The fourth-order valence-corrected chi connectivity index (χ4v) is 2.26. The number of rotatable bonds is 8. The SMILES string of the molecule is COc1ccc(CN=C(N)NCC(C)Oc2ccccc2F)cc1OC.I. The van der Waals surface area contributed by atoms with Crippen LogP contribution in [0.5, 0.6) is 17.2 Å². The lowest BCUT2D eigenvalue weighted by molar-refractivity contribution is 0.214. The lowest BCUT2D eigenvalue weighted by Gasteiger charge is -2.16. The first-order chi connectivity index (χ1) is 12.5. The van der Waals surface area contributed by atoms with Crippen LogP contribution in [0.2, 0.25) is 0 Å². The number of ether oxygens (including phenoxy) is 3. The predicted octanol–water partition coefficient (Wildman–Crippen LogP) is 3.33. The van der Waals surface area contributed by atoms with Crippen LogP contribution in [0.25, 0.3) is 0 Å². The highest BCUT2D eigenvalue weighted by molar-refractivity contribution is 14.0. The number of hydrogen-bond acceptors (Lipinski definition) is 4. The molecule has 1 atom stereocenters. The number of para-hydroxylation sites is 1. The second-order valence-corrected chi connectivity index (χ2v) is 5.63. The molecule has 0 heterocycles. The first-order valence-electron chi connectivity index (χ1n) is 8.19. The molecule has 0 amide bonds. The fraction of sp³-hybridized carbons (Fsp3) is 0.316. The van der Waals surface area contributed by atoms with Gasteiger partial charge in [-0.05, 0) is 36.8 Å². The quantitative estimate of drug-likeness (QED) is 0.338. The smallest absolute Gasteiger partial charge is 0.189 e. The molecule has 2 aromatic carbocycles. The van der Waals surface area contributed by atoms with E-state index in [2.05, 4.69) is 10.3 Å². The average molecular weight is 489 g/mol. The van der Waals surface area contributed by atoms with Crippen LogP contribution in [-0.4, -0.2) is 32.8 Å². The van der Waals surface area contributed by atoms with Gasteiger partial charge in [0.1, 0.15) is 6.10 Å². The van der Waals surface area contributed by atoms with Gasteiger partial charge in [0.15, 0.2) is 29.0 Å². The highest BCUT2D eigenvalue weighted by Crippen LogP contribution is 2.27. The molecule has 0 saturated heterocycles. The minimum atomic E-state index is -0.394. The average Bonchev–Trinajstić information content (AvgIpc) is 2.66. The standard InChI is InChI=1S/C19H24FN3O3.HI/c1-13(26-16-7-5-4-6-15(16)20)11-22-19(21)23-12-14-8-9-17(24-2)18(10-14)25-3;/h4-10,13H,11-12H2,1-3H3,(H3,21,22,23);1H. The summed E-state index contributed by atoms with van der Waals surface area (Å²) >= 11 is 0. The van der Waals surface area contributed by atoms with Crippen molar-refractivity contribution in [1.29, 1.82) is 0 Å². The van der Waals surface area contributed by atoms with E-state index in [1.54, 1.807) is 32.4 Å². The maximum absolute atomic E-state index is 13.6. The zero-order valence-electron chi connectivity index (χ0n) is 15.6. The molecule has 0 aliphatic rings. The molecule has 0 radical (unpaired) electrons. The molecule has 27 heavy (non-hydrogen) atoms. The van der Waals surface area contributed by atoms with Crippen LogP contribution in [0, 0.1) is 5.82 Å². The summed E-state index contributed by atoms with van der Waals surface area (Å²) in [4.78, 5) is 4.28. The maximum atomic E-state index is 13.6. The largest absolute Gasteiger partial charge is 0.493 e.